The third-order valence-corrected chi connectivity index (χ3v) is 2.22. The van der Waals surface area contributed by atoms with Crippen molar-refractivity contribution in [2.45, 2.75) is 4.90 Å². The van der Waals surface area contributed by atoms with Crippen LogP contribution in [0.1, 0.15) is 0 Å². The maximum atomic E-state index is 10.5. The highest BCUT2D eigenvalue weighted by Crippen LogP contribution is 2.13. The molecule has 0 radical (unpaired) electrons. The average Bonchev–Trinajstić information content (AvgIpc) is 2.49. The minimum atomic E-state index is -2.17. The highest BCUT2D eigenvalue weighted by Gasteiger charge is 1.97. The van der Waals surface area contributed by atoms with Gasteiger partial charge in [-0.3, -0.25) is 4.21 Å². The van der Waals surface area contributed by atoms with E-state index >= 15 is 0 Å². The largest absolute Gasteiger partial charge is 0.768 e. The van der Waals surface area contributed by atoms with E-state index in [1.165, 1.54) is 12.4 Å². The average molecular weight is 181 g/mol. The van der Waals surface area contributed by atoms with E-state index in [0.29, 0.717) is 0 Å². The third-order valence-electron chi connectivity index (χ3n) is 1.58. The van der Waals surface area contributed by atoms with Gasteiger partial charge in [0, 0.05) is 4.90 Å². The molecule has 0 aliphatic rings. The van der Waals surface area contributed by atoms with Gasteiger partial charge in [0.2, 0.25) is 0 Å². The zero-order chi connectivity index (χ0) is 8.55. The number of H-pyrrole nitrogens is 1. The van der Waals surface area contributed by atoms with E-state index < -0.39 is 11.1 Å². The van der Waals surface area contributed by atoms with Gasteiger partial charge in [-0.05, 0) is 29.3 Å². The van der Waals surface area contributed by atoms with Gasteiger partial charge in [0.05, 0.1) is 17.4 Å². The van der Waals surface area contributed by atoms with Gasteiger partial charge in [-0.15, -0.1) is 0 Å². The number of imidazole rings is 1. The molecule has 0 saturated heterocycles. The van der Waals surface area contributed by atoms with Gasteiger partial charge in [-0.1, -0.05) is 0 Å². The number of aromatic amines is 1. The molecule has 1 aromatic heterocycles. The molecule has 2 rings (SSSR count). The quantitative estimate of drug-likeness (QED) is 0.661. The summed E-state index contributed by atoms with van der Waals surface area (Å²) >= 11 is -2.17. The summed E-state index contributed by atoms with van der Waals surface area (Å²) in [6, 6.07) is 4.73. The molecule has 1 atom stereocenters. The Balaban J connectivity index is 2.68. The van der Waals surface area contributed by atoms with Crippen LogP contribution in [0.4, 0.5) is 0 Å². The monoisotopic (exact) mass is 181 g/mol. The molecule has 0 fully saturated rings. The standard InChI is InChI=1S/C7H6N2O2S/c10-12(11)5-1-2-6-7(3-5)9-4-8-6/h1-4H,(H,8,9)(H,10,11)/p-1. The smallest absolute Gasteiger partial charge is 0.0931 e. The Hall–Kier alpha value is -1.20. The summed E-state index contributed by atoms with van der Waals surface area (Å²) in [6.45, 7) is 0. The van der Waals surface area contributed by atoms with Gasteiger partial charge < -0.3 is 9.54 Å². The Morgan fingerprint density at radius 3 is 3.08 bits per heavy atom. The van der Waals surface area contributed by atoms with Crippen molar-refractivity contribution < 1.29 is 8.76 Å². The molecule has 0 saturated carbocycles. The van der Waals surface area contributed by atoms with Gasteiger partial charge >= 0.3 is 0 Å². The normalized spacial score (nSPS) is 13.4. The Labute approximate surface area is 70.9 Å². The molecular formula is C7H5N2O2S-. The lowest BCUT2D eigenvalue weighted by Crippen LogP contribution is -1.87. The van der Waals surface area contributed by atoms with E-state index in [1.54, 1.807) is 12.1 Å². The van der Waals surface area contributed by atoms with Crippen molar-refractivity contribution in [1.29, 1.82) is 0 Å². The molecule has 1 aromatic carbocycles. The fraction of sp³-hybridized carbons (Fsp3) is 0. The first-order valence-electron chi connectivity index (χ1n) is 3.30. The summed E-state index contributed by atoms with van der Waals surface area (Å²) in [6.07, 6.45) is 1.53. The van der Waals surface area contributed by atoms with Crippen LogP contribution in [0.5, 0.6) is 0 Å². The fourth-order valence-corrected chi connectivity index (χ4v) is 1.41. The van der Waals surface area contributed by atoms with Crippen molar-refractivity contribution in [2.24, 2.45) is 0 Å². The first-order chi connectivity index (χ1) is 5.77. The zero-order valence-corrected chi connectivity index (χ0v) is 6.80. The summed E-state index contributed by atoms with van der Waals surface area (Å²) in [7, 11) is 0. The topological polar surface area (TPSA) is 68.8 Å². The molecule has 0 aliphatic carbocycles. The SMILES string of the molecule is O=S([O-])c1ccc2nc[nH]c2c1. The summed E-state index contributed by atoms with van der Waals surface area (Å²) in [5.74, 6) is 0. The van der Waals surface area contributed by atoms with Crippen molar-refractivity contribution in [3.05, 3.63) is 24.5 Å². The van der Waals surface area contributed by atoms with Crippen LogP contribution in [0.15, 0.2) is 29.4 Å². The molecule has 1 unspecified atom stereocenters. The van der Waals surface area contributed by atoms with Gasteiger partial charge in [0.25, 0.3) is 0 Å². The van der Waals surface area contributed by atoms with Crippen LogP contribution in [0, 0.1) is 0 Å². The van der Waals surface area contributed by atoms with Crippen molar-refractivity contribution in [3.63, 3.8) is 0 Å². The Morgan fingerprint density at radius 2 is 2.33 bits per heavy atom. The number of fused-ring (bicyclic) bond motifs is 1. The molecule has 62 valence electrons. The molecule has 0 bridgehead atoms. The van der Waals surface area contributed by atoms with Crippen molar-refractivity contribution >= 4 is 22.1 Å². The van der Waals surface area contributed by atoms with Crippen LogP contribution in [0.3, 0.4) is 0 Å². The molecule has 5 heteroatoms. The molecule has 2 aromatic rings. The van der Waals surface area contributed by atoms with Crippen LogP contribution in [-0.2, 0) is 11.1 Å². The Morgan fingerprint density at radius 1 is 1.50 bits per heavy atom. The van der Waals surface area contributed by atoms with E-state index in [1.807, 2.05) is 0 Å². The lowest BCUT2D eigenvalue weighted by atomic mass is 10.3. The minimum Gasteiger partial charge on any atom is -0.768 e. The third kappa shape index (κ3) is 1.13. The molecule has 1 heterocycles. The van der Waals surface area contributed by atoms with E-state index in [0.717, 1.165) is 11.0 Å². The Kier molecular flexibility index (Phi) is 1.67. The first kappa shape index (κ1) is 7.45. The summed E-state index contributed by atoms with van der Waals surface area (Å²) < 4.78 is 21.1. The van der Waals surface area contributed by atoms with E-state index in [9.17, 15) is 8.76 Å². The lowest BCUT2D eigenvalue weighted by Gasteiger charge is -2.03. The molecule has 0 amide bonds. The van der Waals surface area contributed by atoms with Gasteiger partial charge in [-0.2, -0.15) is 0 Å². The van der Waals surface area contributed by atoms with Crippen molar-refractivity contribution in [1.82, 2.24) is 9.97 Å². The molecular weight excluding hydrogens is 176 g/mol. The lowest BCUT2D eigenvalue weighted by molar-refractivity contribution is 0.537. The van der Waals surface area contributed by atoms with Crippen LogP contribution >= 0.6 is 0 Å². The number of nitrogens with zero attached hydrogens (tertiary/aromatic N) is 1. The number of nitrogens with one attached hydrogen (secondary N) is 1. The predicted octanol–water partition coefficient (Wildman–Crippen LogP) is 0.801. The van der Waals surface area contributed by atoms with Crippen LogP contribution < -0.4 is 0 Å². The molecule has 0 aliphatic heterocycles. The highest BCUT2D eigenvalue weighted by molar-refractivity contribution is 7.79. The fourth-order valence-electron chi connectivity index (χ4n) is 1.02. The zero-order valence-electron chi connectivity index (χ0n) is 5.98. The van der Waals surface area contributed by atoms with Crippen LogP contribution in [-0.4, -0.2) is 18.7 Å². The second-order valence-electron chi connectivity index (χ2n) is 2.32. The Bertz CT molecular complexity index is 438. The van der Waals surface area contributed by atoms with Crippen LogP contribution in [0.25, 0.3) is 11.0 Å². The number of aromatic nitrogens is 2. The maximum absolute atomic E-state index is 10.5. The molecule has 0 spiro atoms. The van der Waals surface area contributed by atoms with Gasteiger partial charge in [-0.25, -0.2) is 4.98 Å². The van der Waals surface area contributed by atoms with E-state index in [2.05, 4.69) is 9.97 Å². The second-order valence-corrected chi connectivity index (χ2v) is 3.26. The van der Waals surface area contributed by atoms with Gasteiger partial charge in [0.1, 0.15) is 0 Å². The maximum Gasteiger partial charge on any atom is 0.0931 e. The summed E-state index contributed by atoms with van der Waals surface area (Å²) in [4.78, 5) is 7.06. The molecule has 12 heavy (non-hydrogen) atoms. The molecule has 1 N–H and O–H groups in total. The van der Waals surface area contributed by atoms with Gasteiger partial charge in [0.15, 0.2) is 0 Å². The number of rotatable bonds is 1. The van der Waals surface area contributed by atoms with Crippen molar-refractivity contribution in [2.75, 3.05) is 0 Å². The summed E-state index contributed by atoms with van der Waals surface area (Å²) in [5.41, 5.74) is 1.50. The van der Waals surface area contributed by atoms with E-state index in [-0.39, 0.29) is 4.90 Å². The highest BCUT2D eigenvalue weighted by atomic mass is 32.2. The summed E-state index contributed by atoms with van der Waals surface area (Å²) in [5, 5.41) is 0. The number of hydrogen-bond donors (Lipinski definition) is 1. The second kappa shape index (κ2) is 2.69. The van der Waals surface area contributed by atoms with Crippen molar-refractivity contribution in [3.8, 4) is 0 Å². The van der Waals surface area contributed by atoms with E-state index in [4.69, 9.17) is 0 Å². The number of benzene rings is 1. The first-order valence-corrected chi connectivity index (χ1v) is 4.37. The van der Waals surface area contributed by atoms with Crippen LogP contribution in [0.2, 0.25) is 0 Å². The minimum absolute atomic E-state index is 0.270. The predicted molar refractivity (Wildman–Crippen MR) is 43.3 cm³/mol. The molecule has 4 nitrogen and oxygen atoms in total. The number of hydrogen-bond acceptors (Lipinski definition) is 3.